The number of amides is 2. The highest BCUT2D eigenvalue weighted by molar-refractivity contribution is 5.83. The van der Waals surface area contributed by atoms with Crippen LogP contribution >= 0.6 is 0 Å². The van der Waals surface area contributed by atoms with Gasteiger partial charge in [-0.05, 0) is 12.3 Å². The van der Waals surface area contributed by atoms with Crippen molar-refractivity contribution < 1.29 is 14.7 Å². The molecule has 1 unspecified atom stereocenters. The molecule has 0 aliphatic carbocycles. The smallest absolute Gasteiger partial charge is 0.326 e. The van der Waals surface area contributed by atoms with Crippen molar-refractivity contribution >= 4 is 12.0 Å². The van der Waals surface area contributed by atoms with E-state index in [1.165, 1.54) is 0 Å². The average Bonchev–Trinajstić information content (AvgIpc) is 2.08. The molecule has 0 aromatic rings. The Kier molecular flexibility index (Phi) is 5.01. The van der Waals surface area contributed by atoms with Gasteiger partial charge in [-0.1, -0.05) is 32.9 Å². The third-order valence-corrected chi connectivity index (χ3v) is 1.94. The van der Waals surface area contributed by atoms with Gasteiger partial charge >= 0.3 is 12.0 Å². The van der Waals surface area contributed by atoms with E-state index in [0.717, 1.165) is 5.57 Å². The highest BCUT2D eigenvalue weighted by atomic mass is 16.4. The van der Waals surface area contributed by atoms with Crippen LogP contribution in [-0.4, -0.2) is 29.7 Å². The van der Waals surface area contributed by atoms with Gasteiger partial charge in [0.25, 0.3) is 0 Å². The predicted octanol–water partition coefficient (Wildman–Crippen LogP) is 1.36. The van der Waals surface area contributed by atoms with Crippen LogP contribution in [-0.2, 0) is 4.79 Å². The summed E-state index contributed by atoms with van der Waals surface area (Å²) in [6.07, 6.45) is 0. The number of carbonyl (C=O) groups excluding carboxylic acids is 1. The van der Waals surface area contributed by atoms with Gasteiger partial charge in [0, 0.05) is 6.54 Å². The lowest BCUT2D eigenvalue weighted by atomic mass is 9.87. The molecule has 0 aromatic carbocycles. The average molecular weight is 228 g/mol. The summed E-state index contributed by atoms with van der Waals surface area (Å²) in [6, 6.07) is -1.41. The maximum atomic E-state index is 11.4. The number of urea groups is 1. The number of carboxylic acid groups (broad SMARTS) is 1. The van der Waals surface area contributed by atoms with Crippen LogP contribution in [0, 0.1) is 5.41 Å². The summed E-state index contributed by atoms with van der Waals surface area (Å²) in [6.45, 7) is 11.0. The summed E-state index contributed by atoms with van der Waals surface area (Å²) >= 11 is 0. The number of rotatable bonds is 4. The Hall–Kier alpha value is -1.52. The second-order valence-electron chi connectivity index (χ2n) is 4.92. The van der Waals surface area contributed by atoms with Gasteiger partial charge in [0.15, 0.2) is 0 Å². The fourth-order valence-corrected chi connectivity index (χ4v) is 1.06. The van der Waals surface area contributed by atoms with Crippen LogP contribution in [0.2, 0.25) is 0 Å². The fourth-order valence-electron chi connectivity index (χ4n) is 1.06. The molecule has 0 saturated carbocycles. The zero-order valence-electron chi connectivity index (χ0n) is 10.3. The molecule has 0 bridgehead atoms. The minimum Gasteiger partial charge on any atom is -0.480 e. The lowest BCUT2D eigenvalue weighted by molar-refractivity contribution is -0.141. The van der Waals surface area contributed by atoms with E-state index in [1.807, 2.05) is 0 Å². The second-order valence-corrected chi connectivity index (χ2v) is 4.92. The number of nitrogens with one attached hydrogen (secondary N) is 2. The third-order valence-electron chi connectivity index (χ3n) is 1.94. The Morgan fingerprint density at radius 1 is 1.38 bits per heavy atom. The van der Waals surface area contributed by atoms with Crippen LogP contribution in [0.1, 0.15) is 27.7 Å². The van der Waals surface area contributed by atoms with Crippen molar-refractivity contribution in [2.24, 2.45) is 5.41 Å². The van der Waals surface area contributed by atoms with E-state index in [0.29, 0.717) is 6.54 Å². The molecule has 92 valence electrons. The molecule has 0 heterocycles. The quantitative estimate of drug-likeness (QED) is 0.636. The third kappa shape index (κ3) is 5.38. The van der Waals surface area contributed by atoms with Gasteiger partial charge in [0.2, 0.25) is 0 Å². The van der Waals surface area contributed by atoms with Crippen molar-refractivity contribution in [3.05, 3.63) is 12.2 Å². The number of hydrogen-bond acceptors (Lipinski definition) is 2. The van der Waals surface area contributed by atoms with Crippen LogP contribution in [0.3, 0.4) is 0 Å². The fraction of sp³-hybridized carbons (Fsp3) is 0.636. The summed E-state index contributed by atoms with van der Waals surface area (Å²) in [5.74, 6) is -1.04. The van der Waals surface area contributed by atoms with Gasteiger partial charge in [-0.15, -0.1) is 0 Å². The molecule has 2 amide bonds. The zero-order valence-corrected chi connectivity index (χ0v) is 10.3. The van der Waals surface area contributed by atoms with E-state index in [2.05, 4.69) is 17.2 Å². The molecule has 0 aliphatic heterocycles. The van der Waals surface area contributed by atoms with E-state index in [4.69, 9.17) is 5.11 Å². The molecule has 1 atom stereocenters. The Labute approximate surface area is 95.9 Å². The summed E-state index contributed by atoms with van der Waals surface area (Å²) in [4.78, 5) is 22.3. The van der Waals surface area contributed by atoms with Crippen molar-refractivity contribution in [3.8, 4) is 0 Å². The normalized spacial score (nSPS) is 12.8. The standard InChI is InChI=1S/C11H20N2O3/c1-7(2)6-12-10(16)13-8(9(14)15)11(3,4)5/h8H,1,6H2,2-5H3,(H,14,15)(H2,12,13,16). The number of carboxylic acids is 1. The van der Waals surface area contributed by atoms with Crippen molar-refractivity contribution in [1.82, 2.24) is 10.6 Å². The van der Waals surface area contributed by atoms with Crippen LogP contribution in [0.15, 0.2) is 12.2 Å². The first-order chi connectivity index (χ1) is 7.14. The van der Waals surface area contributed by atoms with Gasteiger partial charge < -0.3 is 15.7 Å². The monoisotopic (exact) mass is 228 g/mol. The van der Waals surface area contributed by atoms with Gasteiger partial charge in [0.1, 0.15) is 6.04 Å². The SMILES string of the molecule is C=C(C)CNC(=O)NC(C(=O)O)C(C)(C)C. The van der Waals surface area contributed by atoms with Crippen LogP contribution in [0.25, 0.3) is 0 Å². The minimum atomic E-state index is -1.04. The molecule has 0 radical (unpaired) electrons. The predicted molar refractivity (Wildman–Crippen MR) is 62.2 cm³/mol. The van der Waals surface area contributed by atoms with E-state index < -0.39 is 23.5 Å². The molecule has 0 spiro atoms. The molecule has 0 saturated heterocycles. The molecule has 0 aromatic heterocycles. The first-order valence-electron chi connectivity index (χ1n) is 5.06. The molecule has 5 nitrogen and oxygen atoms in total. The van der Waals surface area contributed by atoms with Gasteiger partial charge in [-0.3, -0.25) is 0 Å². The van der Waals surface area contributed by atoms with Gasteiger partial charge in [0.05, 0.1) is 0 Å². The van der Waals surface area contributed by atoms with Crippen LogP contribution in [0.4, 0.5) is 4.79 Å². The second kappa shape index (κ2) is 5.53. The van der Waals surface area contributed by atoms with Crippen LogP contribution in [0.5, 0.6) is 0 Å². The lowest BCUT2D eigenvalue weighted by Crippen LogP contribution is -2.52. The summed E-state index contributed by atoms with van der Waals surface area (Å²) in [5, 5.41) is 13.9. The van der Waals surface area contributed by atoms with E-state index in [9.17, 15) is 9.59 Å². The number of hydrogen-bond donors (Lipinski definition) is 3. The molecular formula is C11H20N2O3. The van der Waals surface area contributed by atoms with Crippen molar-refractivity contribution in [2.45, 2.75) is 33.7 Å². The summed E-state index contributed by atoms with van der Waals surface area (Å²) in [7, 11) is 0. The highest BCUT2D eigenvalue weighted by Crippen LogP contribution is 2.19. The Morgan fingerprint density at radius 2 is 1.88 bits per heavy atom. The maximum absolute atomic E-state index is 11.4. The summed E-state index contributed by atoms with van der Waals surface area (Å²) < 4.78 is 0. The lowest BCUT2D eigenvalue weighted by Gasteiger charge is -2.27. The molecule has 16 heavy (non-hydrogen) atoms. The zero-order chi connectivity index (χ0) is 12.9. The Morgan fingerprint density at radius 3 is 2.19 bits per heavy atom. The number of carbonyl (C=O) groups is 2. The van der Waals surface area contributed by atoms with E-state index in [1.54, 1.807) is 27.7 Å². The largest absolute Gasteiger partial charge is 0.480 e. The molecule has 0 aliphatic rings. The topological polar surface area (TPSA) is 78.4 Å². The molecule has 0 rings (SSSR count). The van der Waals surface area contributed by atoms with Crippen molar-refractivity contribution in [1.29, 1.82) is 0 Å². The van der Waals surface area contributed by atoms with Crippen molar-refractivity contribution in [3.63, 3.8) is 0 Å². The highest BCUT2D eigenvalue weighted by Gasteiger charge is 2.32. The number of aliphatic carboxylic acids is 1. The Bertz CT molecular complexity index is 292. The van der Waals surface area contributed by atoms with E-state index >= 15 is 0 Å². The van der Waals surface area contributed by atoms with Gasteiger partial charge in [-0.2, -0.15) is 0 Å². The Balaban J connectivity index is 4.37. The minimum absolute atomic E-state index is 0.336. The van der Waals surface area contributed by atoms with Gasteiger partial charge in [-0.25, -0.2) is 9.59 Å². The molecule has 0 fully saturated rings. The van der Waals surface area contributed by atoms with Crippen molar-refractivity contribution in [2.75, 3.05) is 6.54 Å². The summed E-state index contributed by atoms with van der Waals surface area (Å²) in [5.41, 5.74) is 0.268. The first kappa shape index (κ1) is 14.5. The molecular weight excluding hydrogens is 208 g/mol. The van der Waals surface area contributed by atoms with E-state index in [-0.39, 0.29) is 0 Å². The molecule has 5 heteroatoms. The first-order valence-corrected chi connectivity index (χ1v) is 5.06. The van der Waals surface area contributed by atoms with Crippen LogP contribution < -0.4 is 10.6 Å². The maximum Gasteiger partial charge on any atom is 0.326 e. The molecule has 3 N–H and O–H groups in total.